The topological polar surface area (TPSA) is 56.1 Å². The number of hydrogen-bond donors (Lipinski definition) is 1. The SMILES string of the molecule is CCn1cnc2cc(Br)cc(OC(C)C3CNC(=O)C3)c21. The predicted molar refractivity (Wildman–Crippen MR) is 84.3 cm³/mol. The smallest absolute Gasteiger partial charge is 0.220 e. The number of ether oxygens (including phenoxy) is 1. The summed E-state index contributed by atoms with van der Waals surface area (Å²) in [5.74, 6) is 1.13. The van der Waals surface area contributed by atoms with E-state index in [0.717, 1.165) is 27.8 Å². The first-order valence-corrected chi connectivity index (χ1v) is 7.95. The number of halogens is 1. The number of rotatable bonds is 4. The Hall–Kier alpha value is -1.56. The molecule has 1 aromatic carbocycles. The molecular weight excluding hydrogens is 334 g/mol. The van der Waals surface area contributed by atoms with Crippen LogP contribution in [0.5, 0.6) is 5.75 Å². The summed E-state index contributed by atoms with van der Waals surface area (Å²) in [4.78, 5) is 15.8. The van der Waals surface area contributed by atoms with Crippen molar-refractivity contribution in [3.63, 3.8) is 0 Å². The van der Waals surface area contributed by atoms with Crippen LogP contribution in [0.15, 0.2) is 22.9 Å². The maximum atomic E-state index is 11.3. The zero-order chi connectivity index (χ0) is 15.0. The zero-order valence-electron chi connectivity index (χ0n) is 12.1. The second-order valence-electron chi connectivity index (χ2n) is 5.39. The highest BCUT2D eigenvalue weighted by atomic mass is 79.9. The lowest BCUT2D eigenvalue weighted by Crippen LogP contribution is -2.25. The van der Waals surface area contributed by atoms with Gasteiger partial charge in [-0.3, -0.25) is 4.79 Å². The first-order valence-electron chi connectivity index (χ1n) is 7.16. The summed E-state index contributed by atoms with van der Waals surface area (Å²) in [7, 11) is 0. The van der Waals surface area contributed by atoms with Gasteiger partial charge in [0, 0.05) is 29.9 Å². The Morgan fingerprint density at radius 2 is 2.38 bits per heavy atom. The van der Waals surface area contributed by atoms with Gasteiger partial charge in [-0.25, -0.2) is 4.98 Å². The standard InChI is InChI=1S/C15H18BrN3O2/c1-3-19-8-18-12-5-11(16)6-13(15(12)19)21-9(2)10-4-14(20)17-7-10/h5-6,8-10H,3-4,7H2,1-2H3,(H,17,20). The number of nitrogens with one attached hydrogen (secondary N) is 1. The van der Waals surface area contributed by atoms with Crippen LogP contribution >= 0.6 is 15.9 Å². The molecule has 3 rings (SSSR count). The Labute approximate surface area is 131 Å². The van der Waals surface area contributed by atoms with Gasteiger partial charge in [-0.1, -0.05) is 15.9 Å². The van der Waals surface area contributed by atoms with Crippen LogP contribution in [0.3, 0.4) is 0 Å². The van der Waals surface area contributed by atoms with E-state index < -0.39 is 0 Å². The molecule has 2 aromatic rings. The van der Waals surface area contributed by atoms with Crippen LogP contribution in [-0.2, 0) is 11.3 Å². The molecule has 1 aliphatic heterocycles. The van der Waals surface area contributed by atoms with Crippen molar-refractivity contribution in [1.29, 1.82) is 0 Å². The average Bonchev–Trinajstić information content (AvgIpc) is 3.04. The molecule has 0 bridgehead atoms. The molecule has 1 aliphatic rings. The van der Waals surface area contributed by atoms with E-state index in [-0.39, 0.29) is 17.9 Å². The molecule has 0 radical (unpaired) electrons. The molecule has 1 saturated heterocycles. The van der Waals surface area contributed by atoms with Gasteiger partial charge in [0.05, 0.1) is 11.8 Å². The first-order chi connectivity index (χ1) is 10.1. The number of amides is 1. The highest BCUT2D eigenvalue weighted by Gasteiger charge is 2.28. The van der Waals surface area contributed by atoms with Gasteiger partial charge < -0.3 is 14.6 Å². The Morgan fingerprint density at radius 3 is 3.05 bits per heavy atom. The molecule has 2 unspecified atom stereocenters. The quantitative estimate of drug-likeness (QED) is 0.921. The summed E-state index contributed by atoms with van der Waals surface area (Å²) in [5, 5.41) is 2.86. The van der Waals surface area contributed by atoms with E-state index in [1.165, 1.54) is 0 Å². The van der Waals surface area contributed by atoms with Crippen LogP contribution in [0.4, 0.5) is 0 Å². The lowest BCUT2D eigenvalue weighted by atomic mass is 10.0. The van der Waals surface area contributed by atoms with E-state index in [4.69, 9.17) is 4.74 Å². The summed E-state index contributed by atoms with van der Waals surface area (Å²) >= 11 is 3.50. The molecule has 1 aromatic heterocycles. The summed E-state index contributed by atoms with van der Waals surface area (Å²) in [6, 6.07) is 3.95. The number of imidazole rings is 1. The highest BCUT2D eigenvalue weighted by molar-refractivity contribution is 9.10. The molecule has 0 spiro atoms. The van der Waals surface area contributed by atoms with Crippen LogP contribution in [0.1, 0.15) is 20.3 Å². The maximum Gasteiger partial charge on any atom is 0.220 e. The second kappa shape index (κ2) is 5.67. The third-order valence-corrected chi connectivity index (χ3v) is 4.43. The fourth-order valence-electron chi connectivity index (χ4n) is 2.72. The lowest BCUT2D eigenvalue weighted by Gasteiger charge is -2.20. The fourth-order valence-corrected chi connectivity index (χ4v) is 3.15. The van der Waals surface area contributed by atoms with Gasteiger partial charge in [0.15, 0.2) is 0 Å². The van der Waals surface area contributed by atoms with Gasteiger partial charge in [-0.2, -0.15) is 0 Å². The average molecular weight is 352 g/mol. The molecule has 5 nitrogen and oxygen atoms in total. The number of aromatic nitrogens is 2. The van der Waals surface area contributed by atoms with E-state index in [1.807, 2.05) is 25.4 Å². The van der Waals surface area contributed by atoms with Crippen molar-refractivity contribution in [2.75, 3.05) is 6.54 Å². The Balaban J connectivity index is 1.92. The molecular formula is C15H18BrN3O2. The van der Waals surface area contributed by atoms with Crippen LogP contribution in [0.2, 0.25) is 0 Å². The molecule has 0 saturated carbocycles. The summed E-state index contributed by atoms with van der Waals surface area (Å²) in [5.41, 5.74) is 1.92. The molecule has 6 heteroatoms. The third kappa shape index (κ3) is 2.77. The van der Waals surface area contributed by atoms with Crippen molar-refractivity contribution in [3.05, 3.63) is 22.9 Å². The van der Waals surface area contributed by atoms with Gasteiger partial charge in [-0.15, -0.1) is 0 Å². The Morgan fingerprint density at radius 1 is 1.57 bits per heavy atom. The normalized spacial score (nSPS) is 19.8. The van der Waals surface area contributed by atoms with Crippen LogP contribution < -0.4 is 10.1 Å². The van der Waals surface area contributed by atoms with Gasteiger partial charge in [0.1, 0.15) is 17.4 Å². The third-order valence-electron chi connectivity index (χ3n) is 3.97. The molecule has 112 valence electrons. The first kappa shape index (κ1) is 14.4. The molecule has 1 amide bonds. The van der Waals surface area contributed by atoms with Crippen molar-refractivity contribution in [3.8, 4) is 5.75 Å². The van der Waals surface area contributed by atoms with Gasteiger partial charge >= 0.3 is 0 Å². The maximum absolute atomic E-state index is 11.3. The zero-order valence-corrected chi connectivity index (χ0v) is 13.7. The van der Waals surface area contributed by atoms with Crippen molar-refractivity contribution in [2.45, 2.75) is 32.9 Å². The largest absolute Gasteiger partial charge is 0.488 e. The van der Waals surface area contributed by atoms with Gasteiger partial charge in [-0.05, 0) is 26.0 Å². The molecule has 1 fully saturated rings. The van der Waals surface area contributed by atoms with E-state index >= 15 is 0 Å². The number of carbonyl (C=O) groups is 1. The predicted octanol–water partition coefficient (Wildman–Crippen LogP) is 2.72. The molecule has 2 heterocycles. The van der Waals surface area contributed by atoms with Crippen molar-refractivity contribution < 1.29 is 9.53 Å². The van der Waals surface area contributed by atoms with Gasteiger partial charge in [0.2, 0.25) is 5.91 Å². The Kier molecular flexibility index (Phi) is 3.89. The van der Waals surface area contributed by atoms with E-state index in [9.17, 15) is 4.79 Å². The molecule has 21 heavy (non-hydrogen) atoms. The summed E-state index contributed by atoms with van der Waals surface area (Å²) in [6.45, 7) is 5.62. The monoisotopic (exact) mass is 351 g/mol. The van der Waals surface area contributed by atoms with E-state index in [1.54, 1.807) is 0 Å². The highest BCUT2D eigenvalue weighted by Crippen LogP contribution is 2.32. The van der Waals surface area contributed by atoms with Crippen molar-refractivity contribution in [1.82, 2.24) is 14.9 Å². The van der Waals surface area contributed by atoms with Crippen LogP contribution in [0.25, 0.3) is 11.0 Å². The van der Waals surface area contributed by atoms with Crippen molar-refractivity contribution >= 4 is 32.9 Å². The minimum Gasteiger partial charge on any atom is -0.488 e. The van der Waals surface area contributed by atoms with E-state index in [2.05, 4.69) is 37.7 Å². The number of aryl methyl sites for hydroxylation is 1. The number of nitrogens with zero attached hydrogens (tertiary/aromatic N) is 2. The summed E-state index contributed by atoms with van der Waals surface area (Å²) in [6.07, 6.45) is 2.34. The molecule has 0 aliphatic carbocycles. The minimum absolute atomic E-state index is 0.0262. The number of carbonyl (C=O) groups excluding carboxylic acids is 1. The van der Waals surface area contributed by atoms with Crippen molar-refractivity contribution in [2.24, 2.45) is 5.92 Å². The number of hydrogen-bond acceptors (Lipinski definition) is 3. The fraction of sp³-hybridized carbons (Fsp3) is 0.467. The summed E-state index contributed by atoms with van der Waals surface area (Å²) < 4.78 is 9.17. The molecule has 2 atom stereocenters. The van der Waals surface area contributed by atoms with E-state index in [0.29, 0.717) is 13.0 Å². The number of fused-ring (bicyclic) bond motifs is 1. The van der Waals surface area contributed by atoms with Gasteiger partial charge in [0.25, 0.3) is 0 Å². The second-order valence-corrected chi connectivity index (χ2v) is 6.31. The van der Waals surface area contributed by atoms with Crippen LogP contribution in [0, 0.1) is 5.92 Å². The Bertz CT molecular complexity index is 683. The lowest BCUT2D eigenvalue weighted by molar-refractivity contribution is -0.119. The minimum atomic E-state index is -0.0262. The molecule has 1 N–H and O–H groups in total. The van der Waals surface area contributed by atoms with Crippen LogP contribution in [-0.4, -0.2) is 28.1 Å². The number of benzene rings is 1.